The molecule has 0 spiro atoms. The second-order valence-corrected chi connectivity index (χ2v) is 7.26. The van der Waals surface area contributed by atoms with Crippen molar-refractivity contribution >= 4 is 33.4 Å². The maximum Gasteiger partial charge on any atom is 0.326 e. The first-order valence-corrected chi connectivity index (χ1v) is 8.71. The van der Waals surface area contributed by atoms with Crippen LogP contribution in [0.25, 0.3) is 10.2 Å². The lowest BCUT2D eigenvalue weighted by molar-refractivity contribution is -0.148. The smallest absolute Gasteiger partial charge is 0.326 e. The van der Waals surface area contributed by atoms with Crippen molar-refractivity contribution in [1.82, 2.24) is 14.9 Å². The molecule has 1 amide bonds. The average molecular weight is 349 g/mol. The zero-order chi connectivity index (χ0) is 17.4. The van der Waals surface area contributed by atoms with Gasteiger partial charge >= 0.3 is 5.97 Å². The number of aromatic nitrogens is 2. The number of carbonyl (C=O) groups excluding carboxylic acids is 1. The summed E-state index contributed by atoms with van der Waals surface area (Å²) in [6.45, 7) is 4.32. The highest BCUT2D eigenvalue weighted by molar-refractivity contribution is 7.18. The van der Waals surface area contributed by atoms with E-state index in [-0.39, 0.29) is 17.9 Å². The van der Waals surface area contributed by atoms with Crippen LogP contribution in [0.4, 0.5) is 0 Å². The van der Waals surface area contributed by atoms with Gasteiger partial charge in [-0.1, -0.05) is 0 Å². The lowest BCUT2D eigenvalue weighted by atomic mass is 10.2. The number of carboxylic acid groups (broad SMARTS) is 1. The van der Waals surface area contributed by atoms with E-state index in [1.54, 1.807) is 0 Å². The number of hydrogen-bond donors (Lipinski definition) is 2. The minimum atomic E-state index is -0.960. The fraction of sp³-hybridized carbons (Fsp3) is 0.500. The molecule has 1 atom stereocenters. The van der Waals surface area contributed by atoms with E-state index in [1.165, 1.54) is 16.2 Å². The fourth-order valence-electron chi connectivity index (χ4n) is 3.11. The Morgan fingerprint density at radius 1 is 1.42 bits per heavy atom. The zero-order valence-electron chi connectivity index (χ0n) is 13.6. The van der Waals surface area contributed by atoms with Gasteiger partial charge in [0.1, 0.15) is 16.7 Å². The van der Waals surface area contributed by atoms with E-state index in [4.69, 9.17) is 5.11 Å². The number of nitrogens with one attached hydrogen (secondary N) is 1. The number of aromatic amines is 1. The molecule has 0 bridgehead atoms. The molecule has 0 radical (unpaired) electrons. The molecule has 1 fully saturated rings. The van der Waals surface area contributed by atoms with Crippen molar-refractivity contribution in [3.8, 4) is 0 Å². The molecule has 0 aliphatic carbocycles. The number of hydrogen-bond acceptors (Lipinski definition) is 5. The Balaban J connectivity index is 1.75. The van der Waals surface area contributed by atoms with Gasteiger partial charge in [-0.05, 0) is 32.3 Å². The summed E-state index contributed by atoms with van der Waals surface area (Å²) in [6, 6.07) is -0.727. The fourth-order valence-corrected chi connectivity index (χ4v) is 4.16. The number of fused-ring (bicyclic) bond motifs is 1. The monoisotopic (exact) mass is 349 g/mol. The standard InChI is InChI=1S/C16H19N3O4S/c1-8-9(2)24-15-13(8)14(21)17-11(18-15)5-6-12(20)19-7-3-4-10(19)16(22)23/h10H,3-7H2,1-2H3,(H,22,23)(H,17,18,21). The van der Waals surface area contributed by atoms with Crippen LogP contribution in [0.15, 0.2) is 4.79 Å². The van der Waals surface area contributed by atoms with Gasteiger partial charge in [0.25, 0.3) is 5.56 Å². The molecule has 7 nitrogen and oxygen atoms in total. The number of aryl methyl sites for hydroxylation is 3. The molecule has 2 aromatic rings. The summed E-state index contributed by atoms with van der Waals surface area (Å²) in [5, 5.41) is 9.76. The van der Waals surface area contributed by atoms with Crippen LogP contribution in [0.5, 0.6) is 0 Å². The third kappa shape index (κ3) is 2.93. The molecular weight excluding hydrogens is 330 g/mol. The molecule has 0 aromatic carbocycles. The predicted molar refractivity (Wildman–Crippen MR) is 90.4 cm³/mol. The van der Waals surface area contributed by atoms with Crippen molar-refractivity contribution in [2.45, 2.75) is 45.6 Å². The lowest BCUT2D eigenvalue weighted by Gasteiger charge is -2.21. The summed E-state index contributed by atoms with van der Waals surface area (Å²) in [6.07, 6.45) is 1.64. The van der Waals surface area contributed by atoms with Gasteiger partial charge < -0.3 is 15.0 Å². The topological polar surface area (TPSA) is 103 Å². The van der Waals surface area contributed by atoms with Crippen LogP contribution in [0.1, 0.15) is 35.5 Å². The molecule has 1 aliphatic rings. The van der Waals surface area contributed by atoms with Crippen LogP contribution in [-0.4, -0.2) is 44.4 Å². The largest absolute Gasteiger partial charge is 0.480 e. The molecule has 8 heteroatoms. The highest BCUT2D eigenvalue weighted by atomic mass is 32.1. The summed E-state index contributed by atoms with van der Waals surface area (Å²) in [5.74, 6) is -0.701. The summed E-state index contributed by atoms with van der Waals surface area (Å²) >= 11 is 1.47. The number of thiophene rings is 1. The van der Waals surface area contributed by atoms with Crippen LogP contribution in [0.2, 0.25) is 0 Å². The molecule has 3 rings (SSSR count). The first-order chi connectivity index (χ1) is 11.4. The summed E-state index contributed by atoms with van der Waals surface area (Å²) < 4.78 is 0. The molecule has 2 N–H and O–H groups in total. The van der Waals surface area contributed by atoms with Crippen molar-refractivity contribution in [3.63, 3.8) is 0 Å². The van der Waals surface area contributed by atoms with Gasteiger partial charge in [-0.25, -0.2) is 9.78 Å². The van der Waals surface area contributed by atoms with E-state index in [2.05, 4.69) is 9.97 Å². The van der Waals surface area contributed by atoms with Crippen LogP contribution in [-0.2, 0) is 16.0 Å². The Labute approximate surface area is 142 Å². The number of amides is 1. The van der Waals surface area contributed by atoms with E-state index in [9.17, 15) is 14.4 Å². The SMILES string of the molecule is Cc1sc2nc(CCC(=O)N3CCCC3C(=O)O)[nH]c(=O)c2c1C. The van der Waals surface area contributed by atoms with Gasteiger partial charge in [0.05, 0.1) is 5.39 Å². The van der Waals surface area contributed by atoms with Gasteiger partial charge in [-0.15, -0.1) is 11.3 Å². The third-order valence-corrected chi connectivity index (χ3v) is 5.62. The van der Waals surface area contributed by atoms with Crippen molar-refractivity contribution in [3.05, 3.63) is 26.6 Å². The van der Waals surface area contributed by atoms with Crippen LogP contribution in [0, 0.1) is 13.8 Å². The van der Waals surface area contributed by atoms with Crippen molar-refractivity contribution in [2.75, 3.05) is 6.54 Å². The summed E-state index contributed by atoms with van der Waals surface area (Å²) in [7, 11) is 0. The Bertz CT molecular complexity index is 870. The molecular formula is C16H19N3O4S. The van der Waals surface area contributed by atoms with E-state index in [0.717, 1.165) is 10.4 Å². The molecule has 1 saturated heterocycles. The van der Waals surface area contributed by atoms with Gasteiger partial charge in [-0.3, -0.25) is 9.59 Å². The first-order valence-electron chi connectivity index (χ1n) is 7.89. The van der Waals surface area contributed by atoms with E-state index in [0.29, 0.717) is 41.8 Å². The maximum atomic E-state index is 12.3. The number of rotatable bonds is 4. The number of carboxylic acids is 1. The third-order valence-electron chi connectivity index (χ3n) is 4.52. The van der Waals surface area contributed by atoms with Gasteiger partial charge in [0.2, 0.25) is 5.91 Å². The minimum absolute atomic E-state index is 0.140. The van der Waals surface area contributed by atoms with E-state index in [1.807, 2.05) is 13.8 Å². The Morgan fingerprint density at radius 2 is 2.17 bits per heavy atom. The molecule has 0 saturated carbocycles. The van der Waals surface area contributed by atoms with Crippen molar-refractivity contribution in [1.29, 1.82) is 0 Å². The highest BCUT2D eigenvalue weighted by Gasteiger charge is 2.33. The molecule has 1 unspecified atom stereocenters. The highest BCUT2D eigenvalue weighted by Crippen LogP contribution is 2.26. The van der Waals surface area contributed by atoms with Crippen LogP contribution >= 0.6 is 11.3 Å². The summed E-state index contributed by atoms with van der Waals surface area (Å²) in [4.78, 5) is 46.0. The first kappa shape index (κ1) is 16.6. The molecule has 24 heavy (non-hydrogen) atoms. The quantitative estimate of drug-likeness (QED) is 0.873. The van der Waals surface area contributed by atoms with E-state index >= 15 is 0 Å². The lowest BCUT2D eigenvalue weighted by Crippen LogP contribution is -2.40. The molecule has 1 aliphatic heterocycles. The number of H-pyrrole nitrogens is 1. The Morgan fingerprint density at radius 3 is 2.88 bits per heavy atom. The van der Waals surface area contributed by atoms with Gasteiger partial charge in [-0.2, -0.15) is 0 Å². The van der Waals surface area contributed by atoms with Crippen molar-refractivity contribution in [2.24, 2.45) is 0 Å². The summed E-state index contributed by atoms with van der Waals surface area (Å²) in [5.41, 5.74) is 0.752. The van der Waals surface area contributed by atoms with E-state index < -0.39 is 12.0 Å². The number of likely N-dealkylation sites (tertiary alicyclic amines) is 1. The van der Waals surface area contributed by atoms with Gasteiger partial charge in [0.15, 0.2) is 0 Å². The van der Waals surface area contributed by atoms with Crippen LogP contribution < -0.4 is 5.56 Å². The second kappa shape index (κ2) is 6.35. The van der Waals surface area contributed by atoms with Crippen molar-refractivity contribution < 1.29 is 14.7 Å². The Hall–Kier alpha value is -2.22. The second-order valence-electron chi connectivity index (χ2n) is 6.06. The van der Waals surface area contributed by atoms with Gasteiger partial charge in [0, 0.05) is 24.3 Å². The molecule has 128 valence electrons. The predicted octanol–water partition coefficient (Wildman–Crippen LogP) is 1.61. The molecule has 2 aromatic heterocycles. The molecule has 3 heterocycles. The normalized spacial score (nSPS) is 17.6. The average Bonchev–Trinajstić information content (AvgIpc) is 3.11. The van der Waals surface area contributed by atoms with Crippen LogP contribution in [0.3, 0.4) is 0 Å². The zero-order valence-corrected chi connectivity index (χ0v) is 14.4. The minimum Gasteiger partial charge on any atom is -0.480 e. The maximum absolute atomic E-state index is 12.3. The number of carbonyl (C=O) groups is 2. The number of aliphatic carboxylic acids is 1. The Kier molecular flexibility index (Phi) is 4.40. The number of nitrogens with zero attached hydrogens (tertiary/aromatic N) is 2.